The average molecular weight is 437 g/mol. The Bertz CT molecular complexity index is 893. The summed E-state index contributed by atoms with van der Waals surface area (Å²) < 4.78 is 7.44. The van der Waals surface area contributed by atoms with Crippen LogP contribution in [-0.4, -0.2) is 79.0 Å². The molecule has 156 valence electrons. The Morgan fingerprint density at radius 3 is 2.86 bits per heavy atom. The highest BCUT2D eigenvalue weighted by Gasteiger charge is 2.19. The van der Waals surface area contributed by atoms with E-state index in [0.717, 1.165) is 17.8 Å². The molecule has 3 heterocycles. The van der Waals surface area contributed by atoms with Crippen molar-refractivity contribution in [3.8, 4) is 10.8 Å². The zero-order valence-corrected chi connectivity index (χ0v) is 18.3. The van der Waals surface area contributed by atoms with Gasteiger partial charge in [-0.25, -0.2) is 4.68 Å². The van der Waals surface area contributed by atoms with E-state index in [1.165, 1.54) is 23.1 Å². The van der Waals surface area contributed by atoms with E-state index < -0.39 is 0 Å². The Balaban J connectivity index is 1.58. The smallest absolute Gasteiger partial charge is 0.257 e. The molecule has 12 heteroatoms. The van der Waals surface area contributed by atoms with Crippen molar-refractivity contribution in [2.24, 2.45) is 0 Å². The molecule has 0 fully saturated rings. The normalized spacial score (nSPS) is 11.3. The second-order valence-corrected chi connectivity index (χ2v) is 8.46. The Labute approximate surface area is 177 Å². The Kier molecular flexibility index (Phi) is 7.72. The fraction of sp³-hybridized carbons (Fsp3) is 0.529. The average Bonchev–Trinajstić information content (AvgIpc) is 3.45. The van der Waals surface area contributed by atoms with E-state index in [1.54, 1.807) is 9.58 Å². The van der Waals surface area contributed by atoms with Crippen LogP contribution in [0.15, 0.2) is 27.1 Å². The fourth-order valence-corrected chi connectivity index (χ4v) is 3.95. The van der Waals surface area contributed by atoms with Gasteiger partial charge in [-0.05, 0) is 42.4 Å². The molecular weight excluding hydrogens is 412 g/mol. The second kappa shape index (κ2) is 10.5. The van der Waals surface area contributed by atoms with Gasteiger partial charge in [0.15, 0.2) is 0 Å². The standard InChI is InChI=1S/C17H24N8O2S2/c1-4-7-24(11-14-18-19-16(27-14)13-6-5-10-28-13)15(26)12-29-17-20-21-22-25(17)9-8-23(2)3/h5-6,10H,4,7-9,11-12H2,1-3H3. The summed E-state index contributed by atoms with van der Waals surface area (Å²) in [5.41, 5.74) is 0. The molecule has 0 bridgehead atoms. The first-order chi connectivity index (χ1) is 14.1. The van der Waals surface area contributed by atoms with E-state index >= 15 is 0 Å². The van der Waals surface area contributed by atoms with Crippen LogP contribution in [0.1, 0.15) is 19.2 Å². The van der Waals surface area contributed by atoms with Crippen molar-refractivity contribution in [2.75, 3.05) is 32.9 Å². The zero-order valence-electron chi connectivity index (χ0n) is 16.7. The maximum atomic E-state index is 12.8. The molecule has 0 saturated carbocycles. The van der Waals surface area contributed by atoms with Gasteiger partial charge in [0.2, 0.25) is 17.0 Å². The molecule has 3 rings (SSSR count). The van der Waals surface area contributed by atoms with Gasteiger partial charge in [0, 0.05) is 13.1 Å². The van der Waals surface area contributed by atoms with Crippen LogP contribution in [0, 0.1) is 0 Å². The monoisotopic (exact) mass is 436 g/mol. The Hall–Kier alpha value is -2.31. The molecule has 0 saturated heterocycles. The van der Waals surface area contributed by atoms with Crippen LogP contribution >= 0.6 is 23.1 Å². The third-order valence-corrected chi connectivity index (χ3v) is 5.75. The van der Waals surface area contributed by atoms with Gasteiger partial charge < -0.3 is 14.2 Å². The molecule has 0 radical (unpaired) electrons. The number of aromatic nitrogens is 6. The van der Waals surface area contributed by atoms with Crippen molar-refractivity contribution >= 4 is 29.0 Å². The molecule has 0 aromatic carbocycles. The van der Waals surface area contributed by atoms with Crippen molar-refractivity contribution in [2.45, 2.75) is 31.6 Å². The predicted molar refractivity (Wildman–Crippen MR) is 110 cm³/mol. The van der Waals surface area contributed by atoms with Gasteiger partial charge in [0.25, 0.3) is 5.89 Å². The number of thioether (sulfide) groups is 1. The molecule has 1 amide bonds. The SMILES string of the molecule is CCCN(Cc1nnc(-c2cccs2)o1)C(=O)CSc1nnnn1CCN(C)C. The van der Waals surface area contributed by atoms with Gasteiger partial charge in [-0.1, -0.05) is 24.8 Å². The third-order valence-electron chi connectivity index (χ3n) is 3.95. The number of hydrogen-bond acceptors (Lipinski definition) is 10. The molecule has 10 nitrogen and oxygen atoms in total. The molecule has 0 N–H and O–H groups in total. The maximum Gasteiger partial charge on any atom is 0.257 e. The number of nitrogens with zero attached hydrogens (tertiary/aromatic N) is 8. The van der Waals surface area contributed by atoms with Crippen molar-refractivity contribution in [3.63, 3.8) is 0 Å². The minimum absolute atomic E-state index is 0.0186. The Morgan fingerprint density at radius 1 is 1.28 bits per heavy atom. The van der Waals surface area contributed by atoms with Crippen LogP contribution in [0.3, 0.4) is 0 Å². The van der Waals surface area contributed by atoms with Crippen LogP contribution < -0.4 is 0 Å². The summed E-state index contributed by atoms with van der Waals surface area (Å²) in [7, 11) is 3.98. The fourth-order valence-electron chi connectivity index (χ4n) is 2.49. The molecule has 3 aromatic heterocycles. The van der Waals surface area contributed by atoms with E-state index in [-0.39, 0.29) is 18.2 Å². The lowest BCUT2D eigenvalue weighted by Gasteiger charge is -2.20. The van der Waals surface area contributed by atoms with Crippen LogP contribution in [0.5, 0.6) is 0 Å². The minimum atomic E-state index is -0.0186. The number of rotatable bonds is 11. The number of thiophene rings is 1. The van der Waals surface area contributed by atoms with Crippen LogP contribution in [0.4, 0.5) is 0 Å². The van der Waals surface area contributed by atoms with Crippen LogP contribution in [-0.2, 0) is 17.9 Å². The predicted octanol–water partition coefficient (Wildman–Crippen LogP) is 1.88. The van der Waals surface area contributed by atoms with Crippen LogP contribution in [0.25, 0.3) is 10.8 Å². The summed E-state index contributed by atoms with van der Waals surface area (Å²) >= 11 is 2.87. The molecule has 3 aromatic rings. The van der Waals surface area contributed by atoms with Crippen molar-refractivity contribution < 1.29 is 9.21 Å². The number of carbonyl (C=O) groups excluding carboxylic acids is 1. The van der Waals surface area contributed by atoms with E-state index in [9.17, 15) is 4.79 Å². The number of carbonyl (C=O) groups is 1. The van der Waals surface area contributed by atoms with Gasteiger partial charge in [-0.2, -0.15) is 0 Å². The molecule has 0 aliphatic carbocycles. The first-order valence-corrected chi connectivity index (χ1v) is 11.1. The quantitative estimate of drug-likeness (QED) is 0.416. The summed E-state index contributed by atoms with van der Waals surface area (Å²) in [5.74, 6) is 1.13. The number of likely N-dealkylation sites (N-methyl/N-ethyl adjacent to an activating group) is 1. The third kappa shape index (κ3) is 6.08. The van der Waals surface area contributed by atoms with E-state index in [1.807, 2.05) is 38.5 Å². The molecule has 0 aliphatic rings. The largest absolute Gasteiger partial charge is 0.418 e. The molecule has 0 unspecified atom stereocenters. The molecule has 0 spiro atoms. The van der Waals surface area contributed by atoms with Crippen molar-refractivity contribution in [3.05, 3.63) is 23.4 Å². The summed E-state index contributed by atoms with van der Waals surface area (Å²) in [6, 6.07) is 3.86. The van der Waals surface area contributed by atoms with Gasteiger partial charge in [-0.15, -0.1) is 26.6 Å². The van der Waals surface area contributed by atoms with Gasteiger partial charge in [-0.3, -0.25) is 4.79 Å². The van der Waals surface area contributed by atoms with E-state index in [2.05, 4.69) is 30.6 Å². The first kappa shape index (κ1) is 21.4. The topological polar surface area (TPSA) is 106 Å². The summed E-state index contributed by atoms with van der Waals surface area (Å²) in [4.78, 5) is 17.5. The lowest BCUT2D eigenvalue weighted by molar-refractivity contribution is -0.129. The first-order valence-electron chi connectivity index (χ1n) is 9.24. The Morgan fingerprint density at radius 2 is 2.14 bits per heavy atom. The molecule has 0 atom stereocenters. The summed E-state index contributed by atoms with van der Waals surface area (Å²) in [6.07, 6.45) is 0.836. The van der Waals surface area contributed by atoms with Crippen LogP contribution in [0.2, 0.25) is 0 Å². The minimum Gasteiger partial charge on any atom is -0.418 e. The highest BCUT2D eigenvalue weighted by molar-refractivity contribution is 7.99. The van der Waals surface area contributed by atoms with Gasteiger partial charge >= 0.3 is 0 Å². The zero-order chi connectivity index (χ0) is 20.6. The maximum absolute atomic E-state index is 12.8. The van der Waals surface area contributed by atoms with Gasteiger partial charge in [0.05, 0.1) is 23.7 Å². The highest BCUT2D eigenvalue weighted by Crippen LogP contribution is 2.23. The number of amides is 1. The highest BCUT2D eigenvalue weighted by atomic mass is 32.2. The lowest BCUT2D eigenvalue weighted by Crippen LogP contribution is -2.33. The van der Waals surface area contributed by atoms with Crippen molar-refractivity contribution in [1.29, 1.82) is 0 Å². The van der Waals surface area contributed by atoms with E-state index in [4.69, 9.17) is 4.42 Å². The second-order valence-electron chi connectivity index (χ2n) is 6.57. The summed E-state index contributed by atoms with van der Waals surface area (Å²) in [5, 5.41) is 22.5. The van der Waals surface area contributed by atoms with Gasteiger partial charge in [0.1, 0.15) is 0 Å². The van der Waals surface area contributed by atoms with E-state index in [0.29, 0.717) is 30.0 Å². The molecule has 0 aliphatic heterocycles. The summed E-state index contributed by atoms with van der Waals surface area (Å²) in [6.45, 7) is 4.42. The molecular formula is C17H24N8O2S2. The number of hydrogen-bond donors (Lipinski definition) is 0. The molecule has 29 heavy (non-hydrogen) atoms. The lowest BCUT2D eigenvalue weighted by atomic mass is 10.4. The van der Waals surface area contributed by atoms with Crippen molar-refractivity contribution in [1.82, 2.24) is 40.2 Å². The number of tetrazole rings is 1.